The van der Waals surface area contributed by atoms with E-state index in [9.17, 15) is 4.79 Å². The Labute approximate surface area is 107 Å². The van der Waals surface area contributed by atoms with Crippen LogP contribution in [0.5, 0.6) is 0 Å². The number of fused-ring (bicyclic) bond motifs is 3. The third kappa shape index (κ3) is 1.52. The van der Waals surface area contributed by atoms with Crippen molar-refractivity contribution in [2.75, 3.05) is 7.11 Å². The number of methoxy groups -OCH3 is 1. The van der Waals surface area contributed by atoms with E-state index in [0.717, 1.165) is 11.0 Å². The molecule has 0 unspecified atom stereocenters. The van der Waals surface area contributed by atoms with Crippen molar-refractivity contribution in [1.29, 1.82) is 0 Å². The number of carbonyl (C=O) groups is 1. The minimum absolute atomic E-state index is 0.206. The highest BCUT2D eigenvalue weighted by molar-refractivity contribution is 6.32. The van der Waals surface area contributed by atoms with Crippen LogP contribution in [0.3, 0.4) is 0 Å². The molecule has 2 aromatic heterocycles. The molecule has 0 N–H and O–H groups in total. The van der Waals surface area contributed by atoms with Gasteiger partial charge in [-0.15, -0.1) is 0 Å². The lowest BCUT2D eigenvalue weighted by atomic mass is 10.3. The van der Waals surface area contributed by atoms with E-state index in [4.69, 9.17) is 11.6 Å². The van der Waals surface area contributed by atoms with E-state index in [1.165, 1.54) is 7.11 Å². The lowest BCUT2D eigenvalue weighted by Crippen LogP contribution is -2.00. The van der Waals surface area contributed by atoms with Crippen LogP contribution in [0.15, 0.2) is 30.5 Å². The average Bonchev–Trinajstić information content (AvgIpc) is 2.84. The quantitative estimate of drug-likeness (QED) is 0.631. The Morgan fingerprint density at radius 3 is 2.89 bits per heavy atom. The Kier molecular flexibility index (Phi) is 2.41. The van der Waals surface area contributed by atoms with Crippen molar-refractivity contribution < 1.29 is 9.53 Å². The second-order valence-corrected chi connectivity index (χ2v) is 4.06. The lowest BCUT2D eigenvalue weighted by molar-refractivity contribution is 0.0595. The number of hydrogen-bond acceptors (Lipinski definition) is 4. The first-order chi connectivity index (χ1) is 8.70. The summed E-state index contributed by atoms with van der Waals surface area (Å²) in [6.45, 7) is 0. The van der Waals surface area contributed by atoms with E-state index >= 15 is 0 Å². The Balaban J connectivity index is 2.41. The number of halogens is 1. The molecule has 2 heterocycles. The number of aromatic nitrogens is 3. The highest BCUT2D eigenvalue weighted by Gasteiger charge is 2.15. The molecular formula is C12H8ClN3O2. The zero-order chi connectivity index (χ0) is 12.7. The molecule has 3 aromatic rings. The van der Waals surface area contributed by atoms with Crippen molar-refractivity contribution in [1.82, 2.24) is 14.4 Å². The molecule has 0 aliphatic heterocycles. The number of carbonyl (C=O) groups excluding carboxylic acids is 1. The van der Waals surface area contributed by atoms with Gasteiger partial charge in [-0.2, -0.15) is 0 Å². The highest BCUT2D eigenvalue weighted by atomic mass is 35.5. The fraction of sp³-hybridized carbons (Fsp3) is 0.0833. The van der Waals surface area contributed by atoms with Gasteiger partial charge in [0.15, 0.2) is 16.5 Å². The van der Waals surface area contributed by atoms with Crippen LogP contribution in [0, 0.1) is 0 Å². The zero-order valence-corrected chi connectivity index (χ0v) is 10.2. The first kappa shape index (κ1) is 11.0. The summed E-state index contributed by atoms with van der Waals surface area (Å²) in [4.78, 5) is 19.8. The molecule has 90 valence electrons. The zero-order valence-electron chi connectivity index (χ0n) is 9.42. The lowest BCUT2D eigenvalue weighted by Gasteiger charge is -2.01. The van der Waals surface area contributed by atoms with Crippen LogP contribution in [0.4, 0.5) is 0 Å². The standard InChI is InChI=1S/C12H8ClN3O2/c1-18-12(17)8-6-16-9-5-3-2-4-7(9)14-10(13)11(16)15-8/h2-6H,1H3. The normalized spacial score (nSPS) is 11.0. The number of hydrogen-bond donors (Lipinski definition) is 0. The molecule has 0 radical (unpaired) electrons. The van der Waals surface area contributed by atoms with Crippen molar-refractivity contribution in [3.8, 4) is 0 Å². The Morgan fingerprint density at radius 2 is 2.11 bits per heavy atom. The molecule has 0 aliphatic rings. The van der Waals surface area contributed by atoms with Gasteiger partial charge in [0.05, 0.1) is 18.1 Å². The van der Waals surface area contributed by atoms with Crippen LogP contribution in [0.1, 0.15) is 10.5 Å². The van der Waals surface area contributed by atoms with E-state index in [1.54, 1.807) is 10.6 Å². The second-order valence-electron chi connectivity index (χ2n) is 3.70. The molecule has 0 bridgehead atoms. The smallest absolute Gasteiger partial charge is 0.358 e. The molecule has 0 atom stereocenters. The number of imidazole rings is 1. The molecule has 0 aliphatic carbocycles. The third-order valence-corrected chi connectivity index (χ3v) is 2.90. The second kappa shape index (κ2) is 3.96. The molecule has 0 saturated carbocycles. The van der Waals surface area contributed by atoms with Crippen LogP contribution in [-0.2, 0) is 4.74 Å². The first-order valence-electron chi connectivity index (χ1n) is 5.22. The number of rotatable bonds is 1. The summed E-state index contributed by atoms with van der Waals surface area (Å²) in [7, 11) is 1.31. The summed E-state index contributed by atoms with van der Waals surface area (Å²) in [5, 5.41) is 0.254. The number of nitrogens with zero attached hydrogens (tertiary/aromatic N) is 3. The van der Waals surface area contributed by atoms with Gasteiger partial charge in [-0.1, -0.05) is 23.7 Å². The number of ether oxygens (including phenoxy) is 1. The molecule has 0 fully saturated rings. The molecule has 0 spiro atoms. The fourth-order valence-corrected chi connectivity index (χ4v) is 2.05. The summed E-state index contributed by atoms with van der Waals surface area (Å²) < 4.78 is 6.37. The van der Waals surface area contributed by atoms with Crippen molar-refractivity contribution in [2.45, 2.75) is 0 Å². The van der Waals surface area contributed by atoms with Crippen LogP contribution in [-0.4, -0.2) is 27.4 Å². The topological polar surface area (TPSA) is 56.5 Å². The Hall–Kier alpha value is -2.14. The van der Waals surface area contributed by atoms with E-state index in [1.807, 2.05) is 24.3 Å². The van der Waals surface area contributed by atoms with Crippen LogP contribution < -0.4 is 0 Å². The monoisotopic (exact) mass is 261 g/mol. The minimum Gasteiger partial charge on any atom is -0.464 e. The predicted octanol–water partition coefficient (Wildman–Crippen LogP) is 2.32. The van der Waals surface area contributed by atoms with Gasteiger partial charge < -0.3 is 4.74 Å². The van der Waals surface area contributed by atoms with E-state index in [0.29, 0.717) is 5.65 Å². The van der Waals surface area contributed by atoms with E-state index < -0.39 is 5.97 Å². The van der Waals surface area contributed by atoms with Crippen LogP contribution in [0.25, 0.3) is 16.7 Å². The maximum Gasteiger partial charge on any atom is 0.358 e. The summed E-state index contributed by atoms with van der Waals surface area (Å²) >= 11 is 6.05. The van der Waals surface area contributed by atoms with Gasteiger partial charge in [0.1, 0.15) is 0 Å². The molecule has 18 heavy (non-hydrogen) atoms. The first-order valence-corrected chi connectivity index (χ1v) is 5.60. The molecule has 0 saturated heterocycles. The van der Waals surface area contributed by atoms with Crippen LogP contribution in [0.2, 0.25) is 5.15 Å². The van der Waals surface area contributed by atoms with Gasteiger partial charge in [0, 0.05) is 6.20 Å². The van der Waals surface area contributed by atoms with E-state index in [-0.39, 0.29) is 10.8 Å². The van der Waals surface area contributed by atoms with Gasteiger partial charge in [-0.3, -0.25) is 4.40 Å². The maximum absolute atomic E-state index is 11.5. The SMILES string of the molecule is COC(=O)c1cn2c(n1)c(Cl)nc1ccccc12. The largest absolute Gasteiger partial charge is 0.464 e. The van der Waals surface area contributed by atoms with E-state index in [2.05, 4.69) is 14.7 Å². The number of benzene rings is 1. The van der Waals surface area contributed by atoms with Gasteiger partial charge in [0.2, 0.25) is 0 Å². The van der Waals surface area contributed by atoms with Crippen LogP contribution >= 0.6 is 11.6 Å². The van der Waals surface area contributed by atoms with Crippen molar-refractivity contribution >= 4 is 34.3 Å². The molecule has 1 aromatic carbocycles. The van der Waals surface area contributed by atoms with Gasteiger partial charge >= 0.3 is 5.97 Å². The summed E-state index contributed by atoms with van der Waals surface area (Å²) in [6, 6.07) is 7.48. The maximum atomic E-state index is 11.5. The molecular weight excluding hydrogens is 254 g/mol. The highest BCUT2D eigenvalue weighted by Crippen LogP contribution is 2.21. The van der Waals surface area contributed by atoms with Crippen molar-refractivity contribution in [3.05, 3.63) is 41.3 Å². The molecule has 3 rings (SSSR count). The summed E-state index contributed by atoms with van der Waals surface area (Å²) in [5.74, 6) is -0.501. The van der Waals surface area contributed by atoms with Gasteiger partial charge in [-0.05, 0) is 12.1 Å². The Bertz CT molecular complexity index is 766. The minimum atomic E-state index is -0.501. The summed E-state index contributed by atoms with van der Waals surface area (Å²) in [6.07, 6.45) is 1.59. The molecule has 6 heteroatoms. The number of esters is 1. The van der Waals surface area contributed by atoms with Crippen molar-refractivity contribution in [3.63, 3.8) is 0 Å². The average molecular weight is 262 g/mol. The predicted molar refractivity (Wildman–Crippen MR) is 66.8 cm³/mol. The third-order valence-electron chi connectivity index (χ3n) is 2.64. The van der Waals surface area contributed by atoms with Gasteiger partial charge in [0.25, 0.3) is 0 Å². The van der Waals surface area contributed by atoms with Gasteiger partial charge in [-0.25, -0.2) is 14.8 Å². The molecule has 0 amide bonds. The summed E-state index contributed by atoms with van der Waals surface area (Å²) in [5.41, 5.74) is 2.22. The number of para-hydroxylation sites is 2. The molecule has 5 nitrogen and oxygen atoms in total. The van der Waals surface area contributed by atoms with Crippen molar-refractivity contribution in [2.24, 2.45) is 0 Å². The Morgan fingerprint density at radius 1 is 1.33 bits per heavy atom. The fourth-order valence-electron chi connectivity index (χ4n) is 1.83.